The van der Waals surface area contributed by atoms with Crippen molar-refractivity contribution in [2.45, 2.75) is 0 Å². The van der Waals surface area contributed by atoms with E-state index in [1.807, 2.05) is 6.07 Å². The van der Waals surface area contributed by atoms with Crippen molar-refractivity contribution in [2.75, 3.05) is 5.32 Å². The maximum Gasteiger partial charge on any atom is 0.143 e. The first-order valence-electron chi connectivity index (χ1n) is 5.02. The molecule has 0 unspecified atom stereocenters. The first kappa shape index (κ1) is 12.7. The number of rotatable bonds is 2. The van der Waals surface area contributed by atoms with Crippen molar-refractivity contribution in [3.8, 4) is 6.07 Å². The molecule has 90 valence electrons. The molecule has 0 aliphatic carbocycles. The van der Waals surface area contributed by atoms with Gasteiger partial charge in [0.05, 0.1) is 16.3 Å². The minimum absolute atomic E-state index is 0.0483. The van der Waals surface area contributed by atoms with Gasteiger partial charge in [0.1, 0.15) is 11.9 Å². The summed E-state index contributed by atoms with van der Waals surface area (Å²) < 4.78 is 13.3. The van der Waals surface area contributed by atoms with Gasteiger partial charge in [-0.25, -0.2) is 4.39 Å². The van der Waals surface area contributed by atoms with Crippen LogP contribution in [0.4, 0.5) is 15.8 Å². The number of nitrogens with zero attached hydrogens (tertiary/aromatic N) is 1. The van der Waals surface area contributed by atoms with Gasteiger partial charge in [-0.05, 0) is 36.4 Å². The molecule has 1 N–H and O–H groups in total. The minimum Gasteiger partial charge on any atom is -0.354 e. The number of benzene rings is 2. The Hall–Kier alpha value is -1.76. The van der Waals surface area contributed by atoms with E-state index >= 15 is 0 Å². The van der Waals surface area contributed by atoms with Gasteiger partial charge < -0.3 is 5.32 Å². The van der Waals surface area contributed by atoms with Crippen LogP contribution in [0.5, 0.6) is 0 Å². The van der Waals surface area contributed by atoms with Gasteiger partial charge in [-0.1, -0.05) is 23.2 Å². The zero-order valence-corrected chi connectivity index (χ0v) is 10.6. The molecule has 2 aromatic carbocycles. The quantitative estimate of drug-likeness (QED) is 0.862. The van der Waals surface area contributed by atoms with Crippen LogP contribution in [0.2, 0.25) is 10.0 Å². The van der Waals surface area contributed by atoms with Gasteiger partial charge in [-0.15, -0.1) is 0 Å². The van der Waals surface area contributed by atoms with Crippen LogP contribution in [0.3, 0.4) is 0 Å². The Labute approximate surface area is 114 Å². The first-order chi connectivity index (χ1) is 8.60. The highest BCUT2D eigenvalue weighted by molar-refractivity contribution is 6.31. The van der Waals surface area contributed by atoms with Gasteiger partial charge >= 0.3 is 0 Å². The first-order valence-corrected chi connectivity index (χ1v) is 5.77. The molecule has 0 atom stereocenters. The summed E-state index contributed by atoms with van der Waals surface area (Å²) in [5, 5.41) is 12.4. The smallest absolute Gasteiger partial charge is 0.143 e. The molecule has 0 heterocycles. The van der Waals surface area contributed by atoms with E-state index in [1.165, 1.54) is 12.1 Å². The maximum absolute atomic E-state index is 13.3. The SMILES string of the molecule is N#Cc1ccc(Cl)cc1Nc1ccc(Cl)c(F)c1. The largest absolute Gasteiger partial charge is 0.354 e. The van der Waals surface area contributed by atoms with Crippen LogP contribution < -0.4 is 5.32 Å². The molecule has 0 bridgehead atoms. The molecule has 2 aromatic rings. The van der Waals surface area contributed by atoms with Crippen molar-refractivity contribution in [2.24, 2.45) is 0 Å². The third-order valence-electron chi connectivity index (χ3n) is 2.30. The van der Waals surface area contributed by atoms with Gasteiger partial charge in [-0.3, -0.25) is 0 Å². The molecule has 0 aromatic heterocycles. The normalized spacial score (nSPS) is 9.89. The highest BCUT2D eigenvalue weighted by atomic mass is 35.5. The van der Waals surface area contributed by atoms with E-state index < -0.39 is 5.82 Å². The van der Waals surface area contributed by atoms with Crippen molar-refractivity contribution in [3.05, 3.63) is 57.8 Å². The molecule has 0 spiro atoms. The number of nitrogens with one attached hydrogen (secondary N) is 1. The number of hydrogen-bond acceptors (Lipinski definition) is 2. The number of anilines is 2. The average molecular weight is 281 g/mol. The highest BCUT2D eigenvalue weighted by Gasteiger charge is 2.05. The second kappa shape index (κ2) is 5.26. The zero-order valence-electron chi connectivity index (χ0n) is 9.05. The van der Waals surface area contributed by atoms with Crippen LogP contribution in [-0.2, 0) is 0 Å². The van der Waals surface area contributed by atoms with Crippen molar-refractivity contribution >= 4 is 34.6 Å². The number of nitriles is 1. The summed E-state index contributed by atoms with van der Waals surface area (Å²) in [5.74, 6) is -0.526. The van der Waals surface area contributed by atoms with E-state index in [2.05, 4.69) is 5.32 Å². The predicted octanol–water partition coefficient (Wildman–Crippen LogP) is 4.75. The molecule has 0 aliphatic rings. The molecule has 0 saturated carbocycles. The molecule has 18 heavy (non-hydrogen) atoms. The van der Waals surface area contributed by atoms with Crippen molar-refractivity contribution in [3.63, 3.8) is 0 Å². The van der Waals surface area contributed by atoms with E-state index in [9.17, 15) is 4.39 Å². The Kier molecular flexibility index (Phi) is 3.71. The highest BCUT2D eigenvalue weighted by Crippen LogP contribution is 2.26. The Bertz CT molecular complexity index is 635. The Balaban J connectivity index is 2.36. The summed E-state index contributed by atoms with van der Waals surface area (Å²) in [4.78, 5) is 0. The average Bonchev–Trinajstić information content (AvgIpc) is 2.34. The van der Waals surface area contributed by atoms with E-state index in [0.29, 0.717) is 22.0 Å². The fourth-order valence-corrected chi connectivity index (χ4v) is 1.74. The van der Waals surface area contributed by atoms with E-state index in [4.69, 9.17) is 28.5 Å². The summed E-state index contributed by atoms with van der Waals surface area (Å²) in [6.07, 6.45) is 0. The summed E-state index contributed by atoms with van der Waals surface area (Å²) in [6.45, 7) is 0. The lowest BCUT2D eigenvalue weighted by atomic mass is 10.2. The monoisotopic (exact) mass is 280 g/mol. The van der Waals surface area contributed by atoms with Gasteiger partial charge in [0.25, 0.3) is 0 Å². The van der Waals surface area contributed by atoms with Crippen LogP contribution in [0.1, 0.15) is 5.56 Å². The molecule has 0 aliphatic heterocycles. The minimum atomic E-state index is -0.526. The Morgan fingerprint density at radius 3 is 2.56 bits per heavy atom. The Morgan fingerprint density at radius 1 is 1.11 bits per heavy atom. The van der Waals surface area contributed by atoms with Crippen LogP contribution in [0, 0.1) is 17.1 Å². The second-order valence-corrected chi connectivity index (χ2v) is 4.40. The van der Waals surface area contributed by atoms with Gasteiger partial charge in [0.15, 0.2) is 0 Å². The lowest BCUT2D eigenvalue weighted by molar-refractivity contribution is 0.629. The molecule has 0 fully saturated rings. The third kappa shape index (κ3) is 2.73. The van der Waals surface area contributed by atoms with Crippen molar-refractivity contribution in [1.29, 1.82) is 5.26 Å². The summed E-state index contributed by atoms with van der Waals surface area (Å²) >= 11 is 11.4. The van der Waals surface area contributed by atoms with Gasteiger partial charge in [-0.2, -0.15) is 5.26 Å². The van der Waals surface area contributed by atoms with Crippen LogP contribution >= 0.6 is 23.2 Å². The standard InChI is InChI=1S/C13H7Cl2FN2/c14-9-2-1-8(7-17)13(5-9)18-10-3-4-11(15)12(16)6-10/h1-6,18H. The molecular weight excluding hydrogens is 274 g/mol. The summed E-state index contributed by atoms with van der Waals surface area (Å²) in [5.41, 5.74) is 1.44. The van der Waals surface area contributed by atoms with Crippen LogP contribution in [0.15, 0.2) is 36.4 Å². The van der Waals surface area contributed by atoms with Gasteiger partial charge in [0.2, 0.25) is 0 Å². The molecule has 0 radical (unpaired) electrons. The van der Waals surface area contributed by atoms with Crippen molar-refractivity contribution < 1.29 is 4.39 Å². The fraction of sp³-hybridized carbons (Fsp3) is 0. The molecule has 0 saturated heterocycles. The lowest BCUT2D eigenvalue weighted by Crippen LogP contribution is -1.94. The zero-order chi connectivity index (χ0) is 13.1. The van der Waals surface area contributed by atoms with Crippen LogP contribution in [0.25, 0.3) is 0 Å². The number of halogens is 3. The van der Waals surface area contributed by atoms with E-state index in [-0.39, 0.29) is 5.02 Å². The fourth-order valence-electron chi connectivity index (χ4n) is 1.45. The van der Waals surface area contributed by atoms with Gasteiger partial charge in [0, 0.05) is 10.7 Å². The topological polar surface area (TPSA) is 35.8 Å². The second-order valence-electron chi connectivity index (χ2n) is 3.56. The number of hydrogen-bond donors (Lipinski definition) is 1. The molecule has 0 amide bonds. The Morgan fingerprint density at radius 2 is 1.89 bits per heavy atom. The molecular formula is C13H7Cl2FN2. The van der Waals surface area contributed by atoms with E-state index in [0.717, 1.165) is 0 Å². The molecule has 5 heteroatoms. The van der Waals surface area contributed by atoms with E-state index in [1.54, 1.807) is 24.3 Å². The molecule has 2 nitrogen and oxygen atoms in total. The van der Waals surface area contributed by atoms with Crippen LogP contribution in [-0.4, -0.2) is 0 Å². The van der Waals surface area contributed by atoms with Crippen molar-refractivity contribution in [1.82, 2.24) is 0 Å². The lowest BCUT2D eigenvalue weighted by Gasteiger charge is -2.09. The predicted molar refractivity (Wildman–Crippen MR) is 70.9 cm³/mol. The third-order valence-corrected chi connectivity index (χ3v) is 2.84. The summed E-state index contributed by atoms with van der Waals surface area (Å²) in [7, 11) is 0. The molecule has 2 rings (SSSR count). The summed E-state index contributed by atoms with van der Waals surface area (Å²) in [6, 6.07) is 11.2. The maximum atomic E-state index is 13.3.